The highest BCUT2D eigenvalue weighted by Crippen LogP contribution is 2.35. The molecule has 2 aromatic rings. The summed E-state index contributed by atoms with van der Waals surface area (Å²) in [6.45, 7) is 2.04. The lowest BCUT2D eigenvalue weighted by Gasteiger charge is -2.06. The Morgan fingerprint density at radius 2 is 1.90 bits per heavy atom. The molecule has 0 aliphatic heterocycles. The van der Waals surface area contributed by atoms with E-state index >= 15 is 0 Å². The Bertz CT molecular complexity index is 665. The molecule has 1 heterocycles. The van der Waals surface area contributed by atoms with Crippen LogP contribution in [0.2, 0.25) is 0 Å². The SMILES string of the molecule is CC(=O)c1sc(NCCc2ccccc2)c(C(N)=O)c1N. The van der Waals surface area contributed by atoms with Crippen LogP contribution in [0.1, 0.15) is 32.5 Å². The Morgan fingerprint density at radius 1 is 1.24 bits per heavy atom. The van der Waals surface area contributed by atoms with Gasteiger partial charge in [0, 0.05) is 13.5 Å². The van der Waals surface area contributed by atoms with E-state index in [1.54, 1.807) is 0 Å². The zero-order valence-electron chi connectivity index (χ0n) is 11.7. The third-order valence-electron chi connectivity index (χ3n) is 3.05. The number of ketones is 1. The minimum Gasteiger partial charge on any atom is -0.397 e. The molecular weight excluding hydrogens is 286 g/mol. The van der Waals surface area contributed by atoms with E-state index in [-0.39, 0.29) is 17.0 Å². The van der Waals surface area contributed by atoms with E-state index in [2.05, 4.69) is 5.32 Å². The third-order valence-corrected chi connectivity index (χ3v) is 4.32. The van der Waals surface area contributed by atoms with Gasteiger partial charge in [-0.25, -0.2) is 0 Å². The molecule has 0 aliphatic carbocycles. The molecule has 21 heavy (non-hydrogen) atoms. The minimum atomic E-state index is -0.626. The lowest BCUT2D eigenvalue weighted by atomic mass is 10.1. The molecule has 0 bridgehead atoms. The summed E-state index contributed by atoms with van der Waals surface area (Å²) < 4.78 is 0. The number of Topliss-reactive ketones (excluding diaryl/α,β-unsaturated/α-hetero) is 1. The molecule has 110 valence electrons. The second-order valence-electron chi connectivity index (χ2n) is 4.63. The first-order valence-electron chi connectivity index (χ1n) is 6.51. The van der Waals surface area contributed by atoms with Gasteiger partial charge in [0.25, 0.3) is 5.91 Å². The van der Waals surface area contributed by atoms with E-state index in [0.29, 0.717) is 16.4 Å². The second-order valence-corrected chi connectivity index (χ2v) is 5.65. The van der Waals surface area contributed by atoms with Gasteiger partial charge in [0.15, 0.2) is 5.78 Å². The second kappa shape index (κ2) is 6.41. The molecule has 5 N–H and O–H groups in total. The molecule has 0 aliphatic rings. The van der Waals surface area contributed by atoms with Crippen LogP contribution in [0.5, 0.6) is 0 Å². The number of nitrogens with two attached hydrogens (primary N) is 2. The van der Waals surface area contributed by atoms with Gasteiger partial charge in [-0.2, -0.15) is 0 Å². The number of rotatable bonds is 6. The summed E-state index contributed by atoms with van der Waals surface area (Å²) in [4.78, 5) is 23.4. The molecule has 0 saturated heterocycles. The maximum absolute atomic E-state index is 11.5. The molecular formula is C15H17N3O2S. The number of benzene rings is 1. The zero-order valence-corrected chi connectivity index (χ0v) is 12.5. The van der Waals surface area contributed by atoms with Crippen molar-refractivity contribution in [2.75, 3.05) is 17.6 Å². The normalized spacial score (nSPS) is 10.3. The van der Waals surface area contributed by atoms with Crippen LogP contribution in [-0.4, -0.2) is 18.2 Å². The average molecular weight is 303 g/mol. The van der Waals surface area contributed by atoms with Crippen molar-refractivity contribution < 1.29 is 9.59 Å². The van der Waals surface area contributed by atoms with E-state index in [9.17, 15) is 9.59 Å². The van der Waals surface area contributed by atoms with E-state index in [1.165, 1.54) is 23.8 Å². The number of nitrogen functional groups attached to an aromatic ring is 1. The zero-order chi connectivity index (χ0) is 15.4. The number of hydrogen-bond acceptors (Lipinski definition) is 5. The van der Waals surface area contributed by atoms with Crippen LogP contribution in [0.4, 0.5) is 10.7 Å². The first-order valence-corrected chi connectivity index (χ1v) is 7.33. The molecule has 1 amide bonds. The van der Waals surface area contributed by atoms with E-state index in [4.69, 9.17) is 11.5 Å². The van der Waals surface area contributed by atoms with Crippen molar-refractivity contribution in [1.82, 2.24) is 0 Å². The highest BCUT2D eigenvalue weighted by atomic mass is 32.1. The van der Waals surface area contributed by atoms with Crippen LogP contribution in [0.25, 0.3) is 0 Å². The van der Waals surface area contributed by atoms with Gasteiger partial charge in [-0.3, -0.25) is 9.59 Å². The van der Waals surface area contributed by atoms with Crippen LogP contribution >= 0.6 is 11.3 Å². The van der Waals surface area contributed by atoms with Gasteiger partial charge in [-0.15, -0.1) is 11.3 Å². The van der Waals surface area contributed by atoms with Crippen molar-refractivity contribution in [2.45, 2.75) is 13.3 Å². The van der Waals surface area contributed by atoms with Gasteiger partial charge in [-0.05, 0) is 12.0 Å². The van der Waals surface area contributed by atoms with Gasteiger partial charge in [-0.1, -0.05) is 30.3 Å². The predicted molar refractivity (Wildman–Crippen MR) is 85.9 cm³/mol. The first kappa shape index (κ1) is 15.1. The lowest BCUT2D eigenvalue weighted by molar-refractivity contribution is 0.100. The van der Waals surface area contributed by atoms with Crippen LogP contribution in [-0.2, 0) is 6.42 Å². The Kier molecular flexibility index (Phi) is 4.59. The Labute approximate surface area is 127 Å². The van der Waals surface area contributed by atoms with Gasteiger partial charge in [0.05, 0.1) is 16.1 Å². The van der Waals surface area contributed by atoms with Crippen molar-refractivity contribution in [3.05, 3.63) is 46.3 Å². The number of nitrogens with one attached hydrogen (secondary N) is 1. The fourth-order valence-corrected chi connectivity index (χ4v) is 3.09. The number of amides is 1. The number of carbonyl (C=O) groups is 2. The number of carbonyl (C=O) groups excluding carboxylic acids is 2. The summed E-state index contributed by atoms with van der Waals surface area (Å²) in [5, 5.41) is 3.70. The molecule has 0 radical (unpaired) electrons. The van der Waals surface area contributed by atoms with Crippen LogP contribution in [0.3, 0.4) is 0 Å². The van der Waals surface area contributed by atoms with Crippen molar-refractivity contribution in [3.63, 3.8) is 0 Å². The van der Waals surface area contributed by atoms with Crippen LogP contribution in [0, 0.1) is 0 Å². The molecule has 2 rings (SSSR count). The standard InChI is InChI=1S/C15H17N3O2S/c1-9(19)13-12(16)11(14(17)20)15(21-13)18-8-7-10-5-3-2-4-6-10/h2-6,18H,7-8,16H2,1H3,(H2,17,20). The van der Waals surface area contributed by atoms with E-state index < -0.39 is 5.91 Å². The third kappa shape index (κ3) is 3.41. The lowest BCUT2D eigenvalue weighted by Crippen LogP contribution is -2.15. The minimum absolute atomic E-state index is 0.169. The van der Waals surface area contributed by atoms with Crippen molar-refractivity contribution in [1.29, 1.82) is 0 Å². The molecule has 1 aromatic heterocycles. The Morgan fingerprint density at radius 3 is 2.48 bits per heavy atom. The number of thiophene rings is 1. The van der Waals surface area contributed by atoms with Crippen molar-refractivity contribution >= 4 is 33.7 Å². The van der Waals surface area contributed by atoms with Gasteiger partial charge in [0.2, 0.25) is 0 Å². The van der Waals surface area contributed by atoms with E-state index in [1.807, 2.05) is 30.3 Å². The fourth-order valence-electron chi connectivity index (χ4n) is 2.04. The maximum atomic E-state index is 11.5. The topological polar surface area (TPSA) is 98.2 Å². The molecule has 0 saturated carbocycles. The molecule has 0 unspecified atom stereocenters. The smallest absolute Gasteiger partial charge is 0.253 e. The molecule has 0 atom stereocenters. The highest BCUT2D eigenvalue weighted by molar-refractivity contribution is 7.19. The Balaban J connectivity index is 2.14. The van der Waals surface area contributed by atoms with Gasteiger partial charge in [0.1, 0.15) is 5.00 Å². The largest absolute Gasteiger partial charge is 0.397 e. The number of primary amides is 1. The highest BCUT2D eigenvalue weighted by Gasteiger charge is 2.22. The van der Waals surface area contributed by atoms with Crippen LogP contribution in [0.15, 0.2) is 30.3 Å². The monoisotopic (exact) mass is 303 g/mol. The number of hydrogen-bond donors (Lipinski definition) is 3. The summed E-state index contributed by atoms with van der Waals surface area (Å²) >= 11 is 1.17. The molecule has 6 heteroatoms. The van der Waals surface area contributed by atoms with Crippen molar-refractivity contribution in [3.8, 4) is 0 Å². The Hall–Kier alpha value is -2.34. The summed E-state index contributed by atoms with van der Waals surface area (Å²) in [6, 6.07) is 9.96. The molecule has 5 nitrogen and oxygen atoms in total. The molecule has 0 fully saturated rings. The van der Waals surface area contributed by atoms with Crippen LogP contribution < -0.4 is 16.8 Å². The fraction of sp³-hybridized carbons (Fsp3) is 0.200. The molecule has 0 spiro atoms. The summed E-state index contributed by atoms with van der Waals surface area (Å²) in [5.74, 6) is -0.797. The van der Waals surface area contributed by atoms with Crippen molar-refractivity contribution in [2.24, 2.45) is 5.73 Å². The summed E-state index contributed by atoms with van der Waals surface area (Å²) in [5.41, 5.74) is 12.7. The van der Waals surface area contributed by atoms with E-state index in [0.717, 1.165) is 6.42 Å². The average Bonchev–Trinajstić information content (AvgIpc) is 2.77. The number of anilines is 2. The maximum Gasteiger partial charge on any atom is 0.253 e. The summed E-state index contributed by atoms with van der Waals surface area (Å²) in [7, 11) is 0. The predicted octanol–water partition coefficient (Wildman–Crippen LogP) is 2.29. The quantitative estimate of drug-likeness (QED) is 0.713. The van der Waals surface area contributed by atoms with Gasteiger partial charge < -0.3 is 16.8 Å². The molecule has 1 aromatic carbocycles. The summed E-state index contributed by atoms with van der Waals surface area (Å²) in [6.07, 6.45) is 0.798. The van der Waals surface area contributed by atoms with Gasteiger partial charge >= 0.3 is 0 Å². The first-order chi connectivity index (χ1) is 10.0.